The van der Waals surface area contributed by atoms with Crippen LogP contribution in [0.4, 0.5) is 0 Å². The Morgan fingerprint density at radius 2 is 2.17 bits per heavy atom. The van der Waals surface area contributed by atoms with E-state index in [9.17, 15) is 0 Å². The lowest BCUT2D eigenvalue weighted by Gasteiger charge is -2.25. The van der Waals surface area contributed by atoms with Gasteiger partial charge in [0.15, 0.2) is 0 Å². The molecule has 1 atom stereocenters. The van der Waals surface area contributed by atoms with Gasteiger partial charge in [0.25, 0.3) is 0 Å². The smallest absolute Gasteiger partial charge is 0.0821 e. The zero-order chi connectivity index (χ0) is 16.1. The van der Waals surface area contributed by atoms with Crippen molar-refractivity contribution in [1.29, 1.82) is 0 Å². The molecule has 1 aliphatic rings. The highest BCUT2D eigenvalue weighted by Crippen LogP contribution is 2.14. The summed E-state index contributed by atoms with van der Waals surface area (Å²) in [5.41, 5.74) is 3.58. The third-order valence-electron chi connectivity index (χ3n) is 4.17. The van der Waals surface area contributed by atoms with E-state index in [1.54, 1.807) is 0 Å². The summed E-state index contributed by atoms with van der Waals surface area (Å²) in [4.78, 5) is 2.30. The average Bonchev–Trinajstić information content (AvgIpc) is 3.02. The maximum absolute atomic E-state index is 5.69. The lowest BCUT2D eigenvalue weighted by molar-refractivity contribution is -0.0923. The summed E-state index contributed by atoms with van der Waals surface area (Å²) in [7, 11) is 2.13. The summed E-state index contributed by atoms with van der Waals surface area (Å²) in [6.07, 6.45) is 5.30. The molecule has 0 radical (unpaired) electrons. The molecule has 0 aliphatic carbocycles. The number of aromatic nitrogens is 2. The van der Waals surface area contributed by atoms with Crippen molar-refractivity contribution in [2.24, 2.45) is 0 Å². The summed E-state index contributed by atoms with van der Waals surface area (Å²) in [6.45, 7) is 6.15. The van der Waals surface area contributed by atoms with Gasteiger partial charge >= 0.3 is 0 Å². The van der Waals surface area contributed by atoms with Crippen LogP contribution in [0.2, 0.25) is 0 Å². The topological polar surface area (TPSA) is 39.5 Å². The molecule has 124 valence electrons. The van der Waals surface area contributed by atoms with Gasteiger partial charge in [0.2, 0.25) is 0 Å². The lowest BCUT2D eigenvalue weighted by atomic mass is 10.2. The van der Waals surface area contributed by atoms with Crippen LogP contribution in [0.15, 0.2) is 36.7 Å². The Kier molecular flexibility index (Phi) is 5.43. The Balaban J connectivity index is 1.53. The summed E-state index contributed by atoms with van der Waals surface area (Å²) >= 11 is 0. The van der Waals surface area contributed by atoms with E-state index in [1.165, 1.54) is 11.1 Å². The Bertz CT molecular complexity index is 620. The van der Waals surface area contributed by atoms with E-state index < -0.39 is 0 Å². The normalized spacial score (nSPS) is 18.5. The molecule has 0 bridgehead atoms. The van der Waals surface area contributed by atoms with Gasteiger partial charge in [0.1, 0.15) is 0 Å². The van der Waals surface area contributed by atoms with E-state index in [-0.39, 0.29) is 6.10 Å². The molecule has 1 aliphatic heterocycles. The molecule has 2 heterocycles. The van der Waals surface area contributed by atoms with Crippen LogP contribution in [0, 0.1) is 6.92 Å². The first-order valence-electron chi connectivity index (χ1n) is 8.20. The van der Waals surface area contributed by atoms with Gasteiger partial charge in [0, 0.05) is 24.8 Å². The standard InChI is InChI=1S/C18H25N3O2/c1-15-5-3-4-6-18(15)21-13-16(11-19-21)12-20(2)8-7-17-14-22-9-10-23-17/h3-6,11,13,17H,7-10,12,14H2,1-2H3. The molecule has 1 unspecified atom stereocenters. The van der Waals surface area contributed by atoms with Crippen molar-refractivity contribution in [2.45, 2.75) is 26.0 Å². The zero-order valence-electron chi connectivity index (χ0n) is 13.9. The molecule has 0 N–H and O–H groups in total. The van der Waals surface area contributed by atoms with Crippen molar-refractivity contribution in [3.63, 3.8) is 0 Å². The van der Waals surface area contributed by atoms with Crippen molar-refractivity contribution in [2.75, 3.05) is 33.4 Å². The van der Waals surface area contributed by atoms with Gasteiger partial charge in [-0.3, -0.25) is 0 Å². The fraction of sp³-hybridized carbons (Fsp3) is 0.500. The van der Waals surface area contributed by atoms with E-state index in [2.05, 4.69) is 42.3 Å². The van der Waals surface area contributed by atoms with Gasteiger partial charge in [-0.1, -0.05) is 18.2 Å². The maximum atomic E-state index is 5.69. The molecular formula is C18H25N3O2. The number of rotatable bonds is 6. The quantitative estimate of drug-likeness (QED) is 0.821. The predicted octanol–water partition coefficient (Wildman–Crippen LogP) is 2.42. The van der Waals surface area contributed by atoms with Crippen LogP contribution in [0.3, 0.4) is 0 Å². The summed E-state index contributed by atoms with van der Waals surface area (Å²) in [5.74, 6) is 0. The third-order valence-corrected chi connectivity index (χ3v) is 4.17. The number of hydrogen-bond acceptors (Lipinski definition) is 4. The van der Waals surface area contributed by atoms with Crippen molar-refractivity contribution < 1.29 is 9.47 Å². The van der Waals surface area contributed by atoms with Crippen molar-refractivity contribution >= 4 is 0 Å². The number of nitrogens with zero attached hydrogens (tertiary/aromatic N) is 3. The van der Waals surface area contributed by atoms with Crippen LogP contribution in [-0.4, -0.2) is 54.2 Å². The van der Waals surface area contributed by atoms with Crippen molar-refractivity contribution in [3.05, 3.63) is 47.8 Å². The molecule has 1 aromatic heterocycles. The Labute approximate surface area is 137 Å². The molecule has 3 rings (SSSR count). The maximum Gasteiger partial charge on any atom is 0.0821 e. The van der Waals surface area contributed by atoms with Gasteiger partial charge in [-0.25, -0.2) is 4.68 Å². The van der Waals surface area contributed by atoms with E-state index in [0.717, 1.165) is 45.0 Å². The van der Waals surface area contributed by atoms with Crippen LogP contribution < -0.4 is 0 Å². The molecule has 1 fully saturated rings. The van der Waals surface area contributed by atoms with Crippen LogP contribution in [0.5, 0.6) is 0 Å². The third kappa shape index (κ3) is 4.41. The van der Waals surface area contributed by atoms with Crippen molar-refractivity contribution in [1.82, 2.24) is 14.7 Å². The molecule has 5 heteroatoms. The minimum absolute atomic E-state index is 0.237. The fourth-order valence-corrected chi connectivity index (χ4v) is 2.85. The fourth-order valence-electron chi connectivity index (χ4n) is 2.85. The first-order chi connectivity index (χ1) is 11.2. The van der Waals surface area contributed by atoms with Crippen molar-refractivity contribution in [3.8, 4) is 5.69 Å². The molecule has 0 spiro atoms. The van der Waals surface area contributed by atoms with E-state index >= 15 is 0 Å². The number of ether oxygens (including phenoxy) is 2. The van der Waals surface area contributed by atoms with E-state index in [0.29, 0.717) is 0 Å². The van der Waals surface area contributed by atoms with Gasteiger partial charge < -0.3 is 14.4 Å². The van der Waals surface area contributed by atoms with E-state index in [1.807, 2.05) is 23.0 Å². The molecule has 0 saturated carbocycles. The highest BCUT2D eigenvalue weighted by molar-refractivity contribution is 5.39. The number of aryl methyl sites for hydroxylation is 1. The molecule has 23 heavy (non-hydrogen) atoms. The van der Waals surface area contributed by atoms with Gasteiger partial charge in [-0.15, -0.1) is 0 Å². The first-order valence-corrected chi connectivity index (χ1v) is 8.20. The Morgan fingerprint density at radius 3 is 2.96 bits per heavy atom. The van der Waals surface area contributed by atoms with Gasteiger partial charge in [-0.05, 0) is 32.0 Å². The van der Waals surface area contributed by atoms with Crippen LogP contribution >= 0.6 is 0 Å². The van der Waals surface area contributed by atoms with Crippen LogP contribution in [0.1, 0.15) is 17.5 Å². The first kappa shape index (κ1) is 16.2. The lowest BCUT2D eigenvalue weighted by Crippen LogP contribution is -2.32. The molecule has 5 nitrogen and oxygen atoms in total. The molecule has 0 amide bonds. The van der Waals surface area contributed by atoms with E-state index in [4.69, 9.17) is 9.47 Å². The summed E-state index contributed by atoms with van der Waals surface area (Å²) in [6, 6.07) is 8.29. The second kappa shape index (κ2) is 7.73. The number of hydrogen-bond donors (Lipinski definition) is 0. The minimum atomic E-state index is 0.237. The van der Waals surface area contributed by atoms with Crippen LogP contribution in [-0.2, 0) is 16.0 Å². The molecule has 2 aromatic rings. The predicted molar refractivity (Wildman–Crippen MR) is 89.8 cm³/mol. The minimum Gasteiger partial charge on any atom is -0.376 e. The zero-order valence-corrected chi connectivity index (χ0v) is 13.9. The highest BCUT2D eigenvalue weighted by Gasteiger charge is 2.15. The van der Waals surface area contributed by atoms with Gasteiger partial charge in [0.05, 0.1) is 37.8 Å². The monoisotopic (exact) mass is 315 g/mol. The second-order valence-corrected chi connectivity index (χ2v) is 6.17. The largest absolute Gasteiger partial charge is 0.376 e. The number of benzene rings is 1. The Morgan fingerprint density at radius 1 is 1.30 bits per heavy atom. The molecular weight excluding hydrogens is 290 g/mol. The second-order valence-electron chi connectivity index (χ2n) is 6.17. The SMILES string of the molecule is Cc1ccccc1-n1cc(CN(C)CCC2COCCO2)cn1. The molecule has 1 saturated heterocycles. The Hall–Kier alpha value is -1.69. The molecule has 1 aromatic carbocycles. The average molecular weight is 315 g/mol. The number of para-hydroxylation sites is 1. The van der Waals surface area contributed by atoms with Gasteiger partial charge in [-0.2, -0.15) is 5.10 Å². The van der Waals surface area contributed by atoms with Crippen LogP contribution in [0.25, 0.3) is 5.69 Å². The highest BCUT2D eigenvalue weighted by atomic mass is 16.6. The summed E-state index contributed by atoms with van der Waals surface area (Å²) in [5, 5.41) is 4.50. The summed E-state index contributed by atoms with van der Waals surface area (Å²) < 4.78 is 13.1.